The Balaban J connectivity index is 1.62. The summed E-state index contributed by atoms with van der Waals surface area (Å²) in [7, 11) is 1.55. The predicted molar refractivity (Wildman–Crippen MR) is 119 cm³/mol. The molecule has 1 aliphatic rings. The number of hydrogen-bond acceptors (Lipinski definition) is 6. The molecule has 158 valence electrons. The summed E-state index contributed by atoms with van der Waals surface area (Å²) in [6.07, 6.45) is 1.41. The number of nitrogens with one attached hydrogen (secondary N) is 1. The average Bonchev–Trinajstić information content (AvgIpc) is 3.21. The Labute approximate surface area is 184 Å². The average molecular weight is 438 g/mol. The molecule has 0 aliphatic carbocycles. The maximum atomic E-state index is 12.9. The highest BCUT2D eigenvalue weighted by Crippen LogP contribution is 2.31. The van der Waals surface area contributed by atoms with Crippen molar-refractivity contribution >= 4 is 45.9 Å². The second-order valence-electron chi connectivity index (χ2n) is 6.91. The smallest absolute Gasteiger partial charge is 0.266 e. The van der Waals surface area contributed by atoms with Crippen LogP contribution in [0.25, 0.3) is 17.0 Å². The van der Waals surface area contributed by atoms with Crippen LogP contribution in [0.5, 0.6) is 5.75 Å². The SMILES string of the molecule is COc1cccc2cc(/C=C(\C#N)C(=O)Nc3cc(Cl)ccc3N3CCOCC3)oc12. The number of para-hydroxylation sites is 1. The maximum Gasteiger partial charge on any atom is 0.266 e. The van der Waals surface area contributed by atoms with Crippen LogP contribution < -0.4 is 15.0 Å². The van der Waals surface area contributed by atoms with E-state index in [1.165, 1.54) is 6.08 Å². The van der Waals surface area contributed by atoms with Crippen LogP contribution in [0, 0.1) is 11.3 Å². The summed E-state index contributed by atoms with van der Waals surface area (Å²) in [4.78, 5) is 15.0. The normalized spacial score (nSPS) is 14.4. The van der Waals surface area contributed by atoms with E-state index in [0.29, 0.717) is 54.1 Å². The van der Waals surface area contributed by atoms with Gasteiger partial charge in [-0.05, 0) is 30.3 Å². The van der Waals surface area contributed by atoms with Crippen LogP contribution in [0.2, 0.25) is 5.02 Å². The number of fused-ring (bicyclic) bond motifs is 1. The van der Waals surface area contributed by atoms with Crippen molar-refractivity contribution in [3.05, 3.63) is 58.8 Å². The molecule has 4 rings (SSSR count). The molecule has 7 nitrogen and oxygen atoms in total. The van der Waals surface area contributed by atoms with Gasteiger partial charge in [0.25, 0.3) is 5.91 Å². The molecule has 0 saturated carbocycles. The third-order valence-electron chi connectivity index (χ3n) is 4.96. The third-order valence-corrected chi connectivity index (χ3v) is 5.19. The van der Waals surface area contributed by atoms with Gasteiger partial charge in [0, 0.05) is 29.6 Å². The lowest BCUT2D eigenvalue weighted by molar-refractivity contribution is -0.112. The Kier molecular flexibility index (Phi) is 6.12. The molecule has 0 radical (unpaired) electrons. The van der Waals surface area contributed by atoms with Crippen LogP contribution in [-0.2, 0) is 9.53 Å². The number of halogens is 1. The highest BCUT2D eigenvalue weighted by atomic mass is 35.5. The fraction of sp³-hybridized carbons (Fsp3) is 0.217. The number of hydrogen-bond donors (Lipinski definition) is 1. The monoisotopic (exact) mass is 437 g/mol. The topological polar surface area (TPSA) is 87.7 Å². The van der Waals surface area contributed by atoms with Gasteiger partial charge in [-0.15, -0.1) is 0 Å². The Morgan fingerprint density at radius 3 is 2.81 bits per heavy atom. The molecular formula is C23H20ClN3O4. The lowest BCUT2D eigenvalue weighted by Gasteiger charge is -2.30. The Bertz CT molecular complexity index is 1190. The summed E-state index contributed by atoms with van der Waals surface area (Å²) < 4.78 is 16.5. The molecule has 2 heterocycles. The molecule has 1 aliphatic heterocycles. The zero-order chi connectivity index (χ0) is 21.8. The summed E-state index contributed by atoms with van der Waals surface area (Å²) in [6.45, 7) is 2.61. The first kappa shape index (κ1) is 20.8. The number of carbonyl (C=O) groups excluding carboxylic acids is 1. The van der Waals surface area contributed by atoms with Crippen LogP contribution in [0.1, 0.15) is 5.76 Å². The largest absolute Gasteiger partial charge is 0.493 e. The fourth-order valence-corrected chi connectivity index (χ4v) is 3.63. The van der Waals surface area contributed by atoms with Gasteiger partial charge >= 0.3 is 0 Å². The van der Waals surface area contributed by atoms with Crippen molar-refractivity contribution in [2.75, 3.05) is 43.6 Å². The van der Waals surface area contributed by atoms with Gasteiger partial charge in [-0.2, -0.15) is 5.26 Å². The number of methoxy groups -OCH3 is 1. The van der Waals surface area contributed by atoms with Gasteiger partial charge in [0.15, 0.2) is 11.3 Å². The van der Waals surface area contributed by atoms with Crippen LogP contribution in [0.15, 0.2) is 52.5 Å². The number of furan rings is 1. The van der Waals surface area contributed by atoms with Gasteiger partial charge in [0.05, 0.1) is 31.7 Å². The predicted octanol–water partition coefficient (Wildman–Crippen LogP) is 4.48. The number of rotatable bonds is 5. The van der Waals surface area contributed by atoms with Gasteiger partial charge in [-0.25, -0.2) is 0 Å². The van der Waals surface area contributed by atoms with Crippen molar-refractivity contribution in [3.63, 3.8) is 0 Å². The van der Waals surface area contributed by atoms with Gasteiger partial charge < -0.3 is 24.1 Å². The number of ether oxygens (including phenoxy) is 2. The van der Waals surface area contributed by atoms with E-state index in [9.17, 15) is 10.1 Å². The maximum absolute atomic E-state index is 12.9. The highest BCUT2D eigenvalue weighted by Gasteiger charge is 2.19. The van der Waals surface area contributed by atoms with Crippen LogP contribution >= 0.6 is 11.6 Å². The quantitative estimate of drug-likeness (QED) is 0.467. The van der Waals surface area contributed by atoms with E-state index in [0.717, 1.165) is 11.1 Å². The van der Waals surface area contributed by atoms with Crippen molar-refractivity contribution in [1.29, 1.82) is 5.26 Å². The summed E-state index contributed by atoms with van der Waals surface area (Å²) >= 11 is 6.16. The molecule has 1 aromatic heterocycles. The number of anilines is 2. The Morgan fingerprint density at radius 2 is 2.06 bits per heavy atom. The van der Waals surface area contributed by atoms with Crippen LogP contribution in [0.4, 0.5) is 11.4 Å². The zero-order valence-corrected chi connectivity index (χ0v) is 17.6. The summed E-state index contributed by atoms with van der Waals surface area (Å²) in [5, 5.41) is 13.7. The molecule has 1 N–H and O–H groups in total. The number of morpholine rings is 1. The molecule has 1 saturated heterocycles. The van der Waals surface area contributed by atoms with E-state index < -0.39 is 5.91 Å². The number of nitrogens with zero attached hydrogens (tertiary/aromatic N) is 2. The molecule has 0 unspecified atom stereocenters. The first-order valence-electron chi connectivity index (χ1n) is 9.71. The molecular weight excluding hydrogens is 418 g/mol. The van der Waals surface area contributed by atoms with Crippen molar-refractivity contribution in [2.45, 2.75) is 0 Å². The Hall–Kier alpha value is -3.47. The molecule has 8 heteroatoms. The van der Waals surface area contributed by atoms with E-state index in [4.69, 9.17) is 25.5 Å². The van der Waals surface area contributed by atoms with E-state index in [2.05, 4.69) is 10.2 Å². The first-order valence-corrected chi connectivity index (χ1v) is 10.1. The van der Waals surface area contributed by atoms with Crippen molar-refractivity contribution in [3.8, 4) is 11.8 Å². The second-order valence-corrected chi connectivity index (χ2v) is 7.35. The van der Waals surface area contributed by atoms with Crippen molar-refractivity contribution in [2.24, 2.45) is 0 Å². The lowest BCUT2D eigenvalue weighted by Crippen LogP contribution is -2.36. The molecule has 31 heavy (non-hydrogen) atoms. The lowest BCUT2D eigenvalue weighted by atomic mass is 10.2. The first-order chi connectivity index (χ1) is 15.1. The van der Waals surface area contributed by atoms with Crippen molar-refractivity contribution in [1.82, 2.24) is 0 Å². The zero-order valence-electron chi connectivity index (χ0n) is 16.9. The third kappa shape index (κ3) is 4.50. The van der Waals surface area contributed by atoms with Gasteiger partial charge in [0.2, 0.25) is 0 Å². The van der Waals surface area contributed by atoms with E-state index in [-0.39, 0.29) is 5.57 Å². The molecule has 2 aromatic carbocycles. The minimum Gasteiger partial charge on any atom is -0.493 e. The van der Waals surface area contributed by atoms with Crippen molar-refractivity contribution < 1.29 is 18.7 Å². The Morgan fingerprint density at radius 1 is 1.26 bits per heavy atom. The molecule has 0 spiro atoms. The summed E-state index contributed by atoms with van der Waals surface area (Å²) in [5.74, 6) is 0.409. The van der Waals surface area contributed by atoms with E-state index in [1.807, 2.05) is 24.3 Å². The van der Waals surface area contributed by atoms with E-state index in [1.54, 1.807) is 31.4 Å². The summed E-state index contributed by atoms with van der Waals surface area (Å²) in [6, 6.07) is 14.5. The molecule has 0 atom stereocenters. The fourth-order valence-electron chi connectivity index (χ4n) is 3.46. The van der Waals surface area contributed by atoms with Gasteiger partial charge in [0.1, 0.15) is 17.4 Å². The second kappa shape index (κ2) is 9.13. The standard InChI is InChI=1S/C23H20ClN3O4/c1-29-21-4-2-3-15-11-18(31-22(15)21)12-16(14-25)23(28)26-19-13-17(24)5-6-20(19)27-7-9-30-10-8-27/h2-6,11-13H,7-10H2,1H3,(H,26,28)/b16-12+. The van der Waals surface area contributed by atoms with Gasteiger partial charge in [-0.3, -0.25) is 4.79 Å². The number of carbonyl (C=O) groups is 1. The molecule has 1 fully saturated rings. The minimum absolute atomic E-state index is 0.0917. The molecule has 1 amide bonds. The van der Waals surface area contributed by atoms with Crippen LogP contribution in [-0.4, -0.2) is 39.3 Å². The number of nitriles is 1. The molecule has 0 bridgehead atoms. The molecule has 3 aromatic rings. The number of amides is 1. The summed E-state index contributed by atoms with van der Waals surface area (Å²) in [5.41, 5.74) is 1.82. The van der Waals surface area contributed by atoms with E-state index >= 15 is 0 Å². The number of benzene rings is 2. The van der Waals surface area contributed by atoms with Gasteiger partial charge in [-0.1, -0.05) is 23.7 Å². The minimum atomic E-state index is -0.549. The van der Waals surface area contributed by atoms with Crippen LogP contribution in [0.3, 0.4) is 0 Å². The highest BCUT2D eigenvalue weighted by molar-refractivity contribution is 6.31.